The molecule has 1 N–H and O–H groups in total. The minimum Gasteiger partial charge on any atom is -0.489 e. The molecule has 0 radical (unpaired) electrons. The highest BCUT2D eigenvalue weighted by Gasteiger charge is 2.19. The summed E-state index contributed by atoms with van der Waals surface area (Å²) >= 11 is 1.62. The molecule has 0 spiro atoms. The minimum absolute atomic E-state index is 0.0169. The molecule has 0 saturated carbocycles. The van der Waals surface area contributed by atoms with Gasteiger partial charge in [0.1, 0.15) is 30.8 Å². The molecule has 3 aromatic carbocycles. The molecule has 0 fully saturated rings. The molecule has 4 aromatic rings. The molecule has 0 saturated heterocycles. The van der Waals surface area contributed by atoms with Gasteiger partial charge in [0.2, 0.25) is 0 Å². The lowest BCUT2D eigenvalue weighted by molar-refractivity contribution is -0.137. The van der Waals surface area contributed by atoms with Crippen molar-refractivity contribution in [2.45, 2.75) is 39.1 Å². The molecule has 0 aliphatic heterocycles. The molecule has 37 heavy (non-hydrogen) atoms. The van der Waals surface area contributed by atoms with Gasteiger partial charge in [0.15, 0.2) is 0 Å². The van der Waals surface area contributed by atoms with Crippen LogP contribution in [0, 0.1) is 6.92 Å². The first-order valence-electron chi connectivity index (χ1n) is 12.0. The first kappa shape index (κ1) is 26.0. The smallest absolute Gasteiger partial charge is 0.303 e. The monoisotopic (exact) mass is 515 g/mol. The number of aliphatic carboxylic acids is 1. The predicted octanol–water partition coefficient (Wildman–Crippen LogP) is 7.17. The maximum Gasteiger partial charge on any atom is 0.303 e. The van der Waals surface area contributed by atoms with Gasteiger partial charge in [-0.3, -0.25) is 4.79 Å². The van der Waals surface area contributed by atoms with E-state index in [-0.39, 0.29) is 6.42 Å². The van der Waals surface area contributed by atoms with Gasteiger partial charge in [0.25, 0.3) is 0 Å². The van der Waals surface area contributed by atoms with E-state index in [0.29, 0.717) is 36.7 Å². The average molecular weight is 516 g/mol. The Morgan fingerprint density at radius 2 is 1.81 bits per heavy atom. The number of hydrogen-bond donors (Lipinski definition) is 1. The van der Waals surface area contributed by atoms with Crippen molar-refractivity contribution < 1.29 is 24.2 Å². The van der Waals surface area contributed by atoms with Crippen LogP contribution in [0.2, 0.25) is 0 Å². The number of carboxylic acid groups (broad SMARTS) is 1. The van der Waals surface area contributed by atoms with Crippen molar-refractivity contribution in [2.75, 3.05) is 0 Å². The highest BCUT2D eigenvalue weighted by molar-refractivity contribution is 7.07. The Labute approximate surface area is 220 Å². The van der Waals surface area contributed by atoms with Crippen LogP contribution in [0.15, 0.2) is 94.8 Å². The van der Waals surface area contributed by atoms with Gasteiger partial charge >= 0.3 is 5.97 Å². The number of carbonyl (C=O) groups is 1. The molecule has 6 nitrogen and oxygen atoms in total. The van der Waals surface area contributed by atoms with E-state index < -0.39 is 12.1 Å². The highest BCUT2D eigenvalue weighted by Crippen LogP contribution is 2.32. The van der Waals surface area contributed by atoms with Crippen molar-refractivity contribution in [3.8, 4) is 11.5 Å². The topological polar surface area (TPSA) is 77.4 Å². The van der Waals surface area contributed by atoms with Crippen LogP contribution in [0.3, 0.4) is 0 Å². The Morgan fingerprint density at radius 3 is 2.57 bits per heavy atom. The molecule has 0 amide bonds. The maximum atomic E-state index is 11.4. The fourth-order valence-corrected chi connectivity index (χ4v) is 4.42. The summed E-state index contributed by atoms with van der Waals surface area (Å²) in [5.41, 5.74) is 4.78. The van der Waals surface area contributed by atoms with Crippen molar-refractivity contribution >= 4 is 23.5 Å². The van der Waals surface area contributed by atoms with E-state index >= 15 is 0 Å². The van der Waals surface area contributed by atoms with Crippen LogP contribution in [0.1, 0.15) is 46.8 Å². The fraction of sp³-hybridized carbons (Fsp3) is 0.200. The van der Waals surface area contributed by atoms with E-state index in [1.807, 2.05) is 96.5 Å². The number of carboxylic acids is 1. The molecule has 7 heteroatoms. The van der Waals surface area contributed by atoms with Crippen LogP contribution in [0.25, 0.3) is 0 Å². The second kappa shape index (κ2) is 13.3. The number of aryl methyl sites for hydroxylation is 1. The summed E-state index contributed by atoms with van der Waals surface area (Å²) in [7, 11) is 0. The Morgan fingerprint density at radius 1 is 1.00 bits per heavy atom. The predicted molar refractivity (Wildman–Crippen MR) is 145 cm³/mol. The molecule has 4 rings (SSSR count). The summed E-state index contributed by atoms with van der Waals surface area (Å²) in [5, 5.41) is 17.5. The minimum atomic E-state index is -0.869. The largest absolute Gasteiger partial charge is 0.489 e. The number of hydrogen-bond acceptors (Lipinski definition) is 6. The summed E-state index contributed by atoms with van der Waals surface area (Å²) in [6, 6.07) is 25.2. The van der Waals surface area contributed by atoms with E-state index in [4.69, 9.17) is 14.3 Å². The quantitative estimate of drug-likeness (QED) is 0.151. The third-order valence-corrected chi connectivity index (χ3v) is 6.47. The Kier molecular flexibility index (Phi) is 9.32. The number of benzene rings is 3. The van der Waals surface area contributed by atoms with E-state index in [1.165, 1.54) is 0 Å². The first-order chi connectivity index (χ1) is 18.1. The fourth-order valence-electron chi connectivity index (χ4n) is 3.77. The van der Waals surface area contributed by atoms with Gasteiger partial charge in [-0.2, -0.15) is 11.3 Å². The zero-order valence-corrected chi connectivity index (χ0v) is 21.4. The molecule has 0 aliphatic carbocycles. The standard InChI is InChI=1S/C30H29NO5S/c1-22-7-5-6-10-27(22)28(13-14-30(32)33)36-29-17-26(34-19-24-15-16-37-21-24)12-11-25(29)18-31-35-20-23-8-3-2-4-9-23/h2-12,15-18,21,28H,13-14,19-20H2,1H3,(H,32,33)/b31-18+. The molecule has 1 atom stereocenters. The number of oxime groups is 1. The molecular formula is C30H29NO5S. The molecule has 190 valence electrons. The zero-order chi connectivity index (χ0) is 25.9. The third kappa shape index (κ3) is 7.95. The van der Waals surface area contributed by atoms with Gasteiger partial charge in [0, 0.05) is 18.1 Å². The molecule has 0 aliphatic rings. The zero-order valence-electron chi connectivity index (χ0n) is 20.6. The van der Waals surface area contributed by atoms with Crippen molar-refractivity contribution in [2.24, 2.45) is 5.16 Å². The summed E-state index contributed by atoms with van der Waals surface area (Å²) in [5.74, 6) is 0.310. The maximum absolute atomic E-state index is 11.4. The van der Waals surface area contributed by atoms with Crippen molar-refractivity contribution in [3.05, 3.63) is 117 Å². The van der Waals surface area contributed by atoms with Crippen LogP contribution in [-0.2, 0) is 22.8 Å². The van der Waals surface area contributed by atoms with Crippen LogP contribution in [-0.4, -0.2) is 17.3 Å². The Balaban J connectivity index is 1.57. The summed E-state index contributed by atoms with van der Waals surface area (Å²) < 4.78 is 12.5. The van der Waals surface area contributed by atoms with Gasteiger partial charge < -0.3 is 19.4 Å². The number of nitrogens with zero attached hydrogens (tertiary/aromatic N) is 1. The van der Waals surface area contributed by atoms with Crippen LogP contribution >= 0.6 is 11.3 Å². The SMILES string of the molecule is Cc1ccccc1C(CCC(=O)O)Oc1cc(OCc2ccsc2)ccc1/C=N/OCc1ccccc1. The summed E-state index contributed by atoms with van der Waals surface area (Å²) in [4.78, 5) is 16.9. The van der Waals surface area contributed by atoms with E-state index in [2.05, 4.69) is 5.16 Å². The third-order valence-electron chi connectivity index (χ3n) is 5.74. The molecule has 1 unspecified atom stereocenters. The Hall–Kier alpha value is -4.10. The summed E-state index contributed by atoms with van der Waals surface area (Å²) in [6.45, 7) is 2.78. The summed E-state index contributed by atoms with van der Waals surface area (Å²) in [6.07, 6.45) is 1.45. The van der Waals surface area contributed by atoms with Crippen molar-refractivity contribution in [1.82, 2.24) is 0 Å². The number of thiophene rings is 1. The van der Waals surface area contributed by atoms with Gasteiger partial charge in [-0.15, -0.1) is 0 Å². The number of rotatable bonds is 13. The average Bonchev–Trinajstić information content (AvgIpc) is 3.43. The lowest BCUT2D eigenvalue weighted by atomic mass is 9.99. The lowest BCUT2D eigenvalue weighted by Crippen LogP contribution is -2.12. The van der Waals surface area contributed by atoms with Crippen LogP contribution in [0.5, 0.6) is 11.5 Å². The number of ether oxygens (including phenoxy) is 2. The molecule has 0 bridgehead atoms. The molecule has 1 heterocycles. The molecule has 1 aromatic heterocycles. The van der Waals surface area contributed by atoms with Crippen molar-refractivity contribution in [1.29, 1.82) is 0 Å². The second-order valence-electron chi connectivity index (χ2n) is 8.51. The first-order valence-corrected chi connectivity index (χ1v) is 12.9. The normalized spacial score (nSPS) is 11.8. The molecular weight excluding hydrogens is 486 g/mol. The van der Waals surface area contributed by atoms with Gasteiger partial charge in [0.05, 0.1) is 6.21 Å². The van der Waals surface area contributed by atoms with Gasteiger partial charge in [-0.1, -0.05) is 59.8 Å². The van der Waals surface area contributed by atoms with Gasteiger partial charge in [-0.05, 0) is 64.6 Å². The highest BCUT2D eigenvalue weighted by atomic mass is 32.1. The van der Waals surface area contributed by atoms with Gasteiger partial charge in [-0.25, -0.2) is 0 Å². The van der Waals surface area contributed by atoms with E-state index in [0.717, 1.165) is 22.3 Å². The Bertz CT molecular complexity index is 1300. The van der Waals surface area contributed by atoms with Crippen LogP contribution < -0.4 is 9.47 Å². The van der Waals surface area contributed by atoms with Crippen molar-refractivity contribution in [3.63, 3.8) is 0 Å². The van der Waals surface area contributed by atoms with E-state index in [1.54, 1.807) is 17.6 Å². The lowest BCUT2D eigenvalue weighted by Gasteiger charge is -2.22. The second-order valence-corrected chi connectivity index (χ2v) is 9.29. The van der Waals surface area contributed by atoms with E-state index in [9.17, 15) is 9.90 Å². The van der Waals surface area contributed by atoms with Crippen LogP contribution in [0.4, 0.5) is 0 Å².